The fraction of sp³-hybridized carbons (Fsp3) is 0.500. The Balaban J connectivity index is 1.64. The predicted octanol–water partition coefficient (Wildman–Crippen LogP) is 7.40. The minimum absolute atomic E-state index is 0.000156. The van der Waals surface area contributed by atoms with E-state index in [1.54, 1.807) is 30.3 Å². The Morgan fingerprint density at radius 1 is 1.07 bits per heavy atom. The van der Waals surface area contributed by atoms with Gasteiger partial charge in [0.1, 0.15) is 23.6 Å². The molecule has 0 spiro atoms. The zero-order chi connectivity index (χ0) is 32.3. The summed E-state index contributed by atoms with van der Waals surface area (Å²) in [4.78, 5) is 32.5. The molecule has 4 rings (SSSR count). The lowest BCUT2D eigenvalue weighted by Crippen LogP contribution is -2.39. The third-order valence-electron chi connectivity index (χ3n) is 7.47. The number of fused-ring (bicyclic) bond motifs is 1. The maximum Gasteiger partial charge on any atom is 0.408 e. The van der Waals surface area contributed by atoms with Gasteiger partial charge in [0.15, 0.2) is 5.82 Å². The first kappa shape index (κ1) is 33.1. The van der Waals surface area contributed by atoms with E-state index in [4.69, 9.17) is 4.74 Å². The molecule has 1 heterocycles. The summed E-state index contributed by atoms with van der Waals surface area (Å²) in [6.07, 6.45) is -8.34. The minimum atomic E-state index is -4.86. The molecule has 1 aromatic heterocycles. The van der Waals surface area contributed by atoms with Gasteiger partial charge in [-0.3, -0.25) is 4.79 Å². The molecule has 0 aliphatic heterocycles. The number of aromatic amines is 1. The molecule has 2 aromatic carbocycles. The zero-order valence-corrected chi connectivity index (χ0v) is 24.0. The Labute approximate surface area is 248 Å². The average molecular weight is 631 g/mol. The fourth-order valence-electron chi connectivity index (χ4n) is 5.19. The molecule has 1 fully saturated rings. The number of hydrogen-bond donors (Lipinski definition) is 3. The van der Waals surface area contributed by atoms with Crippen molar-refractivity contribution < 1.29 is 45.1 Å². The topological polar surface area (TPSA) is 96.1 Å². The van der Waals surface area contributed by atoms with Crippen LogP contribution < -0.4 is 10.6 Å². The van der Waals surface area contributed by atoms with Gasteiger partial charge in [-0.25, -0.2) is 27.3 Å². The molecular formula is C30H33F7N4O3. The first-order chi connectivity index (χ1) is 20.5. The molecule has 0 saturated heterocycles. The Kier molecular flexibility index (Phi) is 9.79. The van der Waals surface area contributed by atoms with E-state index in [1.807, 2.05) is 0 Å². The molecule has 2 unspecified atom stereocenters. The summed E-state index contributed by atoms with van der Waals surface area (Å²) in [5.74, 6) is -7.91. The molecule has 240 valence electrons. The second-order valence-corrected chi connectivity index (χ2v) is 11.7. The Morgan fingerprint density at radius 3 is 2.34 bits per heavy atom. The van der Waals surface area contributed by atoms with Crippen molar-refractivity contribution >= 4 is 23.0 Å². The quantitative estimate of drug-likeness (QED) is 0.204. The van der Waals surface area contributed by atoms with Crippen LogP contribution in [0.1, 0.15) is 74.9 Å². The van der Waals surface area contributed by atoms with Gasteiger partial charge in [0.25, 0.3) is 0 Å². The number of hydrogen-bond acceptors (Lipinski definition) is 4. The molecule has 1 aliphatic carbocycles. The molecule has 7 nitrogen and oxygen atoms in total. The van der Waals surface area contributed by atoms with Crippen molar-refractivity contribution in [3.8, 4) is 0 Å². The molecule has 2 amide bonds. The number of alkyl halides is 6. The Bertz CT molecular complexity index is 1440. The molecule has 3 N–H and O–H groups in total. The highest BCUT2D eigenvalue weighted by molar-refractivity contribution is 5.86. The van der Waals surface area contributed by atoms with E-state index in [0.717, 1.165) is 19.9 Å². The van der Waals surface area contributed by atoms with E-state index in [-0.39, 0.29) is 30.8 Å². The number of alkyl carbamates (subject to hydrolysis) is 1. The molecule has 2 atom stereocenters. The smallest absolute Gasteiger partial charge is 0.408 e. The van der Waals surface area contributed by atoms with Gasteiger partial charge in [0.2, 0.25) is 11.8 Å². The lowest BCUT2D eigenvalue weighted by molar-refractivity contribution is -0.148. The maximum atomic E-state index is 15.8. The van der Waals surface area contributed by atoms with Crippen LogP contribution in [0.15, 0.2) is 42.5 Å². The third kappa shape index (κ3) is 8.85. The van der Waals surface area contributed by atoms with Crippen molar-refractivity contribution in [2.75, 3.05) is 6.54 Å². The second kappa shape index (κ2) is 13.0. The molecule has 1 aliphatic rings. The van der Waals surface area contributed by atoms with Gasteiger partial charge in [0, 0.05) is 18.4 Å². The summed E-state index contributed by atoms with van der Waals surface area (Å²) in [6, 6.07) is 9.98. The summed E-state index contributed by atoms with van der Waals surface area (Å²) in [5, 5.41) is 4.73. The van der Waals surface area contributed by atoms with Crippen LogP contribution in [0.4, 0.5) is 35.5 Å². The third-order valence-corrected chi connectivity index (χ3v) is 7.47. The van der Waals surface area contributed by atoms with Crippen molar-refractivity contribution in [3.63, 3.8) is 0 Å². The molecule has 0 radical (unpaired) electrons. The van der Waals surface area contributed by atoms with E-state index >= 15 is 4.39 Å². The van der Waals surface area contributed by atoms with Crippen LogP contribution in [-0.2, 0) is 16.1 Å². The van der Waals surface area contributed by atoms with Gasteiger partial charge in [-0.15, -0.1) is 0 Å². The van der Waals surface area contributed by atoms with E-state index in [9.17, 15) is 35.9 Å². The summed E-state index contributed by atoms with van der Waals surface area (Å²) in [7, 11) is 0. The van der Waals surface area contributed by atoms with Gasteiger partial charge in [0.05, 0.1) is 30.4 Å². The summed E-state index contributed by atoms with van der Waals surface area (Å²) < 4.78 is 103. The van der Waals surface area contributed by atoms with Gasteiger partial charge in [-0.1, -0.05) is 36.4 Å². The number of nitrogens with zero attached hydrogens (tertiary/aromatic N) is 1. The zero-order valence-electron chi connectivity index (χ0n) is 24.0. The van der Waals surface area contributed by atoms with Crippen LogP contribution in [0.3, 0.4) is 0 Å². The number of carbonyl (C=O) groups excluding carboxylic acids is 2. The number of H-pyrrole nitrogens is 1. The number of carbonyl (C=O) groups is 2. The number of nitrogens with one attached hydrogen (secondary N) is 3. The first-order valence-corrected chi connectivity index (χ1v) is 14.1. The summed E-state index contributed by atoms with van der Waals surface area (Å²) in [6.45, 7) is 1.58. The number of rotatable bonds is 10. The monoisotopic (exact) mass is 630 g/mol. The Hall–Kier alpha value is -3.84. The number of halogens is 7. The molecule has 1 saturated carbocycles. The van der Waals surface area contributed by atoms with Crippen LogP contribution >= 0.6 is 0 Å². The van der Waals surface area contributed by atoms with E-state index in [1.165, 1.54) is 6.07 Å². The van der Waals surface area contributed by atoms with Gasteiger partial charge < -0.3 is 20.4 Å². The lowest BCUT2D eigenvalue weighted by Gasteiger charge is -2.33. The van der Waals surface area contributed by atoms with Crippen LogP contribution in [0.5, 0.6) is 0 Å². The number of amides is 2. The normalized spacial score (nSPS) is 17.2. The van der Waals surface area contributed by atoms with Crippen LogP contribution in [-0.4, -0.2) is 46.3 Å². The fourth-order valence-corrected chi connectivity index (χ4v) is 5.19. The number of ether oxygens (including phenoxy) is 1. The van der Waals surface area contributed by atoms with E-state index in [2.05, 4.69) is 20.6 Å². The highest BCUT2D eigenvalue weighted by Crippen LogP contribution is 2.42. The second-order valence-electron chi connectivity index (χ2n) is 11.7. The van der Waals surface area contributed by atoms with Crippen molar-refractivity contribution in [1.29, 1.82) is 0 Å². The SMILES string of the molecule is CC(C)(F)CNC(=O)C(CC(F)(F)F)c1ccc2[nH]c(C(NC(=O)OCc3ccccc3)C3CCC(F)(F)CC3)nc2c1F. The highest BCUT2D eigenvalue weighted by Gasteiger charge is 2.41. The van der Waals surface area contributed by atoms with Crippen molar-refractivity contribution in [2.45, 2.75) is 82.3 Å². The maximum absolute atomic E-state index is 15.8. The van der Waals surface area contributed by atoms with Gasteiger partial charge in [-0.2, -0.15) is 13.2 Å². The van der Waals surface area contributed by atoms with Crippen molar-refractivity contribution in [2.24, 2.45) is 5.92 Å². The predicted molar refractivity (Wildman–Crippen MR) is 147 cm³/mol. The van der Waals surface area contributed by atoms with Gasteiger partial charge >= 0.3 is 12.3 Å². The molecule has 3 aromatic rings. The molecular weight excluding hydrogens is 597 g/mol. The van der Waals surface area contributed by atoms with Crippen LogP contribution in [0.2, 0.25) is 0 Å². The van der Waals surface area contributed by atoms with E-state index < -0.39 is 90.4 Å². The highest BCUT2D eigenvalue weighted by atomic mass is 19.4. The van der Waals surface area contributed by atoms with E-state index in [0.29, 0.717) is 5.56 Å². The average Bonchev–Trinajstić information content (AvgIpc) is 3.38. The van der Waals surface area contributed by atoms with Gasteiger partial charge in [-0.05, 0) is 44.2 Å². The van der Waals surface area contributed by atoms with Crippen LogP contribution in [0, 0.1) is 11.7 Å². The standard InChI is InChI=1S/C30H33F7N4O3/c1-28(2,32)16-38-26(42)20(14-30(35,36)37)19-8-9-21-24(22(19)31)40-25(39-21)23(18-10-12-29(33,34)13-11-18)41-27(43)44-15-17-6-4-3-5-7-17/h3-9,18,20,23H,10-16H2,1-2H3,(H,38,42)(H,39,40)(H,41,43). The summed E-state index contributed by atoms with van der Waals surface area (Å²) >= 11 is 0. The Morgan fingerprint density at radius 2 is 1.73 bits per heavy atom. The van der Waals surface area contributed by atoms with Crippen molar-refractivity contribution in [3.05, 3.63) is 65.2 Å². The lowest BCUT2D eigenvalue weighted by atomic mass is 9.82. The molecule has 14 heteroatoms. The largest absolute Gasteiger partial charge is 0.445 e. The van der Waals surface area contributed by atoms with Crippen LogP contribution in [0.25, 0.3) is 11.0 Å². The number of aromatic nitrogens is 2. The van der Waals surface area contributed by atoms with Crippen molar-refractivity contribution in [1.82, 2.24) is 20.6 Å². The number of benzene rings is 2. The molecule has 0 bridgehead atoms. The first-order valence-electron chi connectivity index (χ1n) is 14.1. The number of imidazole rings is 1. The minimum Gasteiger partial charge on any atom is -0.445 e. The summed E-state index contributed by atoms with van der Waals surface area (Å²) in [5.41, 5.74) is -2.20. The molecule has 44 heavy (non-hydrogen) atoms.